The van der Waals surface area contributed by atoms with E-state index in [4.69, 9.17) is 0 Å². The van der Waals surface area contributed by atoms with Crippen molar-refractivity contribution in [3.8, 4) is 0 Å². The van der Waals surface area contributed by atoms with Crippen LogP contribution in [0.1, 0.15) is 46.5 Å². The molecule has 0 aromatic rings. The predicted octanol–water partition coefficient (Wildman–Crippen LogP) is 2.92. The fraction of sp³-hybridized carbons (Fsp3) is 0.500. The molecule has 0 N–H and O–H groups in total. The number of likely N-dealkylation sites (tertiary alicyclic amines) is 2. The number of allylic oxidation sites excluding steroid dienone is 4. The number of carbonyl (C=O) groups is 4. The molecule has 1 atom stereocenters. The van der Waals surface area contributed by atoms with Crippen molar-refractivity contribution in [2.24, 2.45) is 17.8 Å². The van der Waals surface area contributed by atoms with E-state index in [-0.39, 0.29) is 29.7 Å². The lowest BCUT2D eigenvalue weighted by atomic mass is 9.63. The van der Waals surface area contributed by atoms with Crippen molar-refractivity contribution in [3.05, 3.63) is 46.6 Å². The van der Waals surface area contributed by atoms with Gasteiger partial charge in [-0.1, -0.05) is 57.9 Å². The first-order valence-corrected chi connectivity index (χ1v) is 10.8. The monoisotopic (exact) mass is 408 g/mol. The third-order valence-corrected chi connectivity index (χ3v) is 6.59. The van der Waals surface area contributed by atoms with Crippen molar-refractivity contribution in [2.75, 3.05) is 7.05 Å². The lowest BCUT2D eigenvalue weighted by Gasteiger charge is -2.46. The standard InChI is InChI=1S/C24H28N2O4/c1-5-6-7-14(12-13(2)3)26-23(29)17-10-8-15-19-16(22(28)25(4)21(15)27)9-11-18(20(17)19)24(26)30/h8-11,13-14,19-20H,5-7,12H2,1-4H3. The second-order valence-corrected chi connectivity index (χ2v) is 9.02. The van der Waals surface area contributed by atoms with Gasteiger partial charge in [-0.25, -0.2) is 0 Å². The van der Waals surface area contributed by atoms with Crippen LogP contribution in [-0.2, 0) is 19.2 Å². The maximum atomic E-state index is 13.5. The summed E-state index contributed by atoms with van der Waals surface area (Å²) < 4.78 is 0. The van der Waals surface area contributed by atoms with E-state index in [2.05, 4.69) is 20.8 Å². The molecule has 6 heteroatoms. The normalized spacial score (nSPS) is 26.3. The topological polar surface area (TPSA) is 74.8 Å². The molecule has 2 aliphatic carbocycles. The van der Waals surface area contributed by atoms with E-state index in [0.717, 1.165) is 30.6 Å². The number of rotatable bonds is 6. The van der Waals surface area contributed by atoms with Gasteiger partial charge in [-0.15, -0.1) is 0 Å². The molecular weight excluding hydrogens is 380 g/mol. The maximum Gasteiger partial charge on any atom is 0.257 e. The van der Waals surface area contributed by atoms with Crippen LogP contribution in [0.3, 0.4) is 0 Å². The minimum absolute atomic E-state index is 0.149. The zero-order valence-electron chi connectivity index (χ0n) is 18.0. The molecule has 30 heavy (non-hydrogen) atoms. The first-order valence-electron chi connectivity index (χ1n) is 10.8. The molecule has 2 aliphatic heterocycles. The number of likely N-dealkylation sites (N-methyl/N-ethyl adjacent to an activating group) is 1. The number of hydrogen-bond acceptors (Lipinski definition) is 4. The Morgan fingerprint density at radius 1 is 0.800 bits per heavy atom. The van der Waals surface area contributed by atoms with Gasteiger partial charge < -0.3 is 0 Å². The molecule has 0 saturated carbocycles. The highest BCUT2D eigenvalue weighted by atomic mass is 16.2. The molecule has 0 aromatic heterocycles. The second kappa shape index (κ2) is 7.49. The maximum absolute atomic E-state index is 13.5. The van der Waals surface area contributed by atoms with E-state index in [1.54, 1.807) is 24.3 Å². The lowest BCUT2D eigenvalue weighted by Crippen LogP contribution is -2.56. The molecule has 6 nitrogen and oxygen atoms in total. The Bertz CT molecular complexity index is 902. The predicted molar refractivity (Wildman–Crippen MR) is 112 cm³/mol. The quantitative estimate of drug-likeness (QED) is 0.634. The van der Waals surface area contributed by atoms with Crippen LogP contribution >= 0.6 is 0 Å². The Balaban J connectivity index is 1.81. The SMILES string of the molecule is CCCCC(CC(C)C)N1C(=O)C2=CC=C3C(=O)N(C)C(=O)C4=CC=C(C1=O)C2C34. The Hall–Kier alpha value is -2.76. The number of carbonyl (C=O) groups excluding carboxylic acids is 4. The van der Waals surface area contributed by atoms with Crippen molar-refractivity contribution >= 4 is 23.6 Å². The highest BCUT2D eigenvalue weighted by molar-refractivity contribution is 6.20. The van der Waals surface area contributed by atoms with Gasteiger partial charge in [0, 0.05) is 47.2 Å². The molecule has 1 unspecified atom stereocenters. The van der Waals surface area contributed by atoms with Crippen molar-refractivity contribution in [2.45, 2.75) is 52.5 Å². The molecule has 0 aromatic carbocycles. The van der Waals surface area contributed by atoms with E-state index in [0.29, 0.717) is 28.2 Å². The number of piperidine rings is 2. The molecule has 0 spiro atoms. The Morgan fingerprint density at radius 2 is 1.23 bits per heavy atom. The summed E-state index contributed by atoms with van der Waals surface area (Å²) >= 11 is 0. The second-order valence-electron chi connectivity index (χ2n) is 9.02. The first kappa shape index (κ1) is 20.5. The zero-order chi connectivity index (χ0) is 21.7. The average Bonchev–Trinajstić information content (AvgIpc) is 2.72. The Morgan fingerprint density at radius 3 is 1.63 bits per heavy atom. The summed E-state index contributed by atoms with van der Waals surface area (Å²) in [6, 6.07) is -0.149. The molecule has 0 bridgehead atoms. The third-order valence-electron chi connectivity index (χ3n) is 6.59. The summed E-state index contributed by atoms with van der Waals surface area (Å²) in [6.07, 6.45) is 10.2. The molecule has 4 rings (SSSR count). The van der Waals surface area contributed by atoms with E-state index >= 15 is 0 Å². The molecule has 4 aliphatic rings. The van der Waals surface area contributed by atoms with Gasteiger partial charge in [-0.2, -0.15) is 0 Å². The number of amides is 4. The Kier molecular flexibility index (Phi) is 5.12. The largest absolute Gasteiger partial charge is 0.278 e. The average molecular weight is 408 g/mol. The van der Waals surface area contributed by atoms with E-state index < -0.39 is 11.8 Å². The molecular formula is C24H28N2O4. The van der Waals surface area contributed by atoms with Crippen LogP contribution in [0.25, 0.3) is 0 Å². The minimum atomic E-state index is -0.547. The van der Waals surface area contributed by atoms with Crippen LogP contribution in [0.4, 0.5) is 0 Å². The minimum Gasteiger partial charge on any atom is -0.278 e. The van der Waals surface area contributed by atoms with Gasteiger partial charge >= 0.3 is 0 Å². The van der Waals surface area contributed by atoms with Crippen molar-refractivity contribution in [1.82, 2.24) is 9.80 Å². The van der Waals surface area contributed by atoms with Crippen LogP contribution in [0.2, 0.25) is 0 Å². The van der Waals surface area contributed by atoms with Crippen LogP contribution in [0, 0.1) is 17.8 Å². The smallest absolute Gasteiger partial charge is 0.257 e. The highest BCUT2D eigenvalue weighted by Gasteiger charge is 2.54. The fourth-order valence-corrected chi connectivity index (χ4v) is 5.16. The van der Waals surface area contributed by atoms with E-state index in [1.807, 2.05) is 0 Å². The molecule has 0 radical (unpaired) electrons. The molecule has 2 heterocycles. The molecule has 4 amide bonds. The molecule has 158 valence electrons. The summed E-state index contributed by atoms with van der Waals surface area (Å²) in [4.78, 5) is 54.9. The van der Waals surface area contributed by atoms with Gasteiger partial charge in [0.1, 0.15) is 0 Å². The van der Waals surface area contributed by atoms with Crippen LogP contribution in [-0.4, -0.2) is 46.5 Å². The van der Waals surface area contributed by atoms with Gasteiger partial charge in [-0.05, 0) is 18.8 Å². The summed E-state index contributed by atoms with van der Waals surface area (Å²) in [7, 11) is 1.46. The summed E-state index contributed by atoms with van der Waals surface area (Å²) in [6.45, 7) is 6.29. The lowest BCUT2D eigenvalue weighted by molar-refractivity contribution is -0.148. The van der Waals surface area contributed by atoms with Gasteiger partial charge in [-0.3, -0.25) is 29.0 Å². The summed E-state index contributed by atoms with van der Waals surface area (Å²) in [5.41, 5.74) is 1.97. The number of unbranched alkanes of at least 4 members (excludes halogenated alkanes) is 1. The highest BCUT2D eigenvalue weighted by Crippen LogP contribution is 2.49. The van der Waals surface area contributed by atoms with E-state index in [9.17, 15) is 19.2 Å². The third kappa shape index (κ3) is 2.92. The van der Waals surface area contributed by atoms with Crippen molar-refractivity contribution in [3.63, 3.8) is 0 Å². The van der Waals surface area contributed by atoms with Gasteiger partial charge in [0.2, 0.25) is 0 Å². The van der Waals surface area contributed by atoms with Gasteiger partial charge in [0.25, 0.3) is 23.6 Å². The summed E-state index contributed by atoms with van der Waals surface area (Å²) in [5, 5.41) is 0. The van der Waals surface area contributed by atoms with Gasteiger partial charge in [0.05, 0.1) is 0 Å². The Labute approximate surface area is 177 Å². The van der Waals surface area contributed by atoms with Crippen molar-refractivity contribution in [1.29, 1.82) is 0 Å². The first-order chi connectivity index (χ1) is 14.3. The van der Waals surface area contributed by atoms with Gasteiger partial charge in [0.15, 0.2) is 0 Å². The summed E-state index contributed by atoms with van der Waals surface area (Å²) in [5.74, 6) is -2.01. The number of imide groups is 2. The molecule has 2 fully saturated rings. The van der Waals surface area contributed by atoms with E-state index in [1.165, 1.54) is 11.9 Å². The van der Waals surface area contributed by atoms with Crippen LogP contribution < -0.4 is 0 Å². The van der Waals surface area contributed by atoms with Crippen LogP contribution in [0.15, 0.2) is 46.6 Å². The molecule has 2 saturated heterocycles. The van der Waals surface area contributed by atoms with Crippen molar-refractivity contribution < 1.29 is 19.2 Å². The fourth-order valence-electron chi connectivity index (χ4n) is 5.16. The zero-order valence-corrected chi connectivity index (χ0v) is 18.0. The number of hydrogen-bond donors (Lipinski definition) is 0. The van der Waals surface area contributed by atoms with Crippen LogP contribution in [0.5, 0.6) is 0 Å². The number of nitrogens with zero attached hydrogens (tertiary/aromatic N) is 2.